The van der Waals surface area contributed by atoms with Crippen LogP contribution in [0.3, 0.4) is 0 Å². The van der Waals surface area contributed by atoms with Gasteiger partial charge in [-0.1, -0.05) is 48.5 Å². The molecule has 0 saturated carbocycles. The number of aromatic nitrogens is 3. The fourth-order valence-corrected chi connectivity index (χ4v) is 4.81. The summed E-state index contributed by atoms with van der Waals surface area (Å²) in [5, 5.41) is 7.31. The van der Waals surface area contributed by atoms with E-state index in [0.29, 0.717) is 42.7 Å². The normalized spacial score (nSPS) is 13.8. The molecule has 5 rings (SSSR count). The van der Waals surface area contributed by atoms with Gasteiger partial charge in [-0.25, -0.2) is 4.98 Å². The average Bonchev–Trinajstić information content (AvgIpc) is 3.42. The van der Waals surface area contributed by atoms with Crippen molar-refractivity contribution < 1.29 is 14.3 Å². The summed E-state index contributed by atoms with van der Waals surface area (Å²) >= 11 is 0. The maximum atomic E-state index is 13.0. The number of hydrogen-bond donors (Lipinski definition) is 1. The topological polar surface area (TPSA) is 89.4 Å². The number of methoxy groups -OCH3 is 1. The van der Waals surface area contributed by atoms with Crippen molar-refractivity contribution in [2.45, 2.75) is 31.7 Å². The predicted molar refractivity (Wildman–Crippen MR) is 145 cm³/mol. The molecule has 0 unspecified atom stereocenters. The number of carbonyl (C=O) groups excluding carboxylic acids is 2. The van der Waals surface area contributed by atoms with E-state index in [2.05, 4.69) is 27.5 Å². The van der Waals surface area contributed by atoms with Gasteiger partial charge in [-0.05, 0) is 48.1 Å². The number of rotatable bonds is 8. The molecule has 4 aromatic rings. The predicted octanol–water partition coefficient (Wildman–Crippen LogP) is 4.54. The first-order chi connectivity index (χ1) is 18.6. The number of pyridine rings is 1. The first-order valence-electron chi connectivity index (χ1n) is 12.8. The van der Waals surface area contributed by atoms with Crippen molar-refractivity contribution in [2.75, 3.05) is 25.5 Å². The summed E-state index contributed by atoms with van der Waals surface area (Å²) in [7, 11) is 1.55. The highest BCUT2D eigenvalue weighted by Gasteiger charge is 2.25. The highest BCUT2D eigenvalue weighted by Crippen LogP contribution is 2.29. The second-order valence-corrected chi connectivity index (χ2v) is 9.50. The van der Waals surface area contributed by atoms with E-state index in [-0.39, 0.29) is 18.2 Å². The van der Waals surface area contributed by atoms with Crippen molar-refractivity contribution in [2.24, 2.45) is 0 Å². The monoisotopic (exact) mass is 509 g/mol. The summed E-state index contributed by atoms with van der Waals surface area (Å²) in [5.41, 5.74) is 4.41. The first-order valence-corrected chi connectivity index (χ1v) is 12.8. The lowest BCUT2D eigenvalue weighted by atomic mass is 9.89. The Kier molecular flexibility index (Phi) is 7.78. The molecule has 2 aromatic carbocycles. The van der Waals surface area contributed by atoms with Gasteiger partial charge in [0.15, 0.2) is 0 Å². The number of hydrogen-bond acceptors (Lipinski definition) is 5. The van der Waals surface area contributed by atoms with Crippen molar-refractivity contribution in [3.8, 4) is 5.88 Å². The molecule has 0 bridgehead atoms. The molecule has 1 saturated heterocycles. The SMILES string of the molecule is COc1cccc(CC(=O)Nc2ccc(C3CCN(C(=O)c4cnn(Cc5ccccc5)c4)CC3)cc2)n1. The van der Waals surface area contributed by atoms with Crippen molar-refractivity contribution in [3.05, 3.63) is 108 Å². The molecule has 194 valence electrons. The minimum Gasteiger partial charge on any atom is -0.481 e. The Hall–Kier alpha value is -4.46. The molecule has 0 atom stereocenters. The number of piperidine rings is 1. The molecule has 38 heavy (non-hydrogen) atoms. The fraction of sp³-hybridized carbons (Fsp3) is 0.267. The van der Waals surface area contributed by atoms with Gasteiger partial charge in [0, 0.05) is 31.0 Å². The molecule has 0 aliphatic carbocycles. The van der Waals surface area contributed by atoms with E-state index in [1.807, 2.05) is 64.3 Å². The molecule has 1 N–H and O–H groups in total. The van der Waals surface area contributed by atoms with Gasteiger partial charge in [-0.15, -0.1) is 0 Å². The summed E-state index contributed by atoms with van der Waals surface area (Å²) in [6, 6.07) is 23.5. The Morgan fingerprint density at radius 1 is 0.974 bits per heavy atom. The van der Waals surface area contributed by atoms with Gasteiger partial charge in [-0.3, -0.25) is 14.3 Å². The third-order valence-corrected chi connectivity index (χ3v) is 6.85. The zero-order valence-electron chi connectivity index (χ0n) is 21.4. The minimum atomic E-state index is -0.127. The third kappa shape index (κ3) is 6.26. The van der Waals surface area contributed by atoms with Crippen molar-refractivity contribution in [1.29, 1.82) is 0 Å². The third-order valence-electron chi connectivity index (χ3n) is 6.85. The van der Waals surface area contributed by atoms with E-state index in [9.17, 15) is 9.59 Å². The van der Waals surface area contributed by atoms with Crippen LogP contribution in [0.5, 0.6) is 5.88 Å². The van der Waals surface area contributed by atoms with Crippen LogP contribution in [0, 0.1) is 0 Å². The van der Waals surface area contributed by atoms with E-state index in [1.165, 1.54) is 5.56 Å². The molecule has 0 radical (unpaired) electrons. The molecule has 2 amide bonds. The van der Waals surface area contributed by atoms with Crippen LogP contribution in [0.2, 0.25) is 0 Å². The summed E-state index contributed by atoms with van der Waals surface area (Å²) in [5.74, 6) is 0.778. The summed E-state index contributed by atoms with van der Waals surface area (Å²) in [4.78, 5) is 31.7. The number of nitrogens with zero attached hydrogens (tertiary/aromatic N) is 4. The lowest BCUT2D eigenvalue weighted by molar-refractivity contribution is -0.115. The number of likely N-dealkylation sites (tertiary alicyclic amines) is 1. The molecular weight excluding hydrogens is 478 g/mol. The lowest BCUT2D eigenvalue weighted by Gasteiger charge is -2.32. The molecule has 8 nitrogen and oxygen atoms in total. The first kappa shape index (κ1) is 25.2. The molecular formula is C30H31N5O3. The lowest BCUT2D eigenvalue weighted by Crippen LogP contribution is -2.37. The van der Waals surface area contributed by atoms with Crippen LogP contribution in [0.1, 0.15) is 45.9 Å². The highest BCUT2D eigenvalue weighted by molar-refractivity contribution is 5.94. The Morgan fingerprint density at radius 3 is 2.47 bits per heavy atom. The quantitative estimate of drug-likeness (QED) is 0.377. The van der Waals surface area contributed by atoms with E-state index in [4.69, 9.17) is 4.74 Å². The molecule has 1 aliphatic heterocycles. The van der Waals surface area contributed by atoms with E-state index < -0.39 is 0 Å². The zero-order chi connectivity index (χ0) is 26.3. The van der Waals surface area contributed by atoms with Gasteiger partial charge < -0.3 is 15.0 Å². The summed E-state index contributed by atoms with van der Waals surface area (Å²) in [6.45, 7) is 2.06. The van der Waals surface area contributed by atoms with E-state index in [0.717, 1.165) is 24.1 Å². The molecule has 8 heteroatoms. The standard InChI is InChI=1S/C30H31N5O3/c1-38-29-9-5-8-27(33-29)18-28(36)32-26-12-10-23(11-13-26)24-14-16-34(17-15-24)30(37)25-19-31-35(21-25)20-22-6-3-2-4-7-22/h2-13,19,21,24H,14-18,20H2,1H3,(H,32,36). The Bertz CT molecular complexity index is 1380. The van der Waals surface area contributed by atoms with Crippen molar-refractivity contribution in [1.82, 2.24) is 19.7 Å². The van der Waals surface area contributed by atoms with E-state index >= 15 is 0 Å². The number of carbonyl (C=O) groups is 2. The number of ether oxygens (including phenoxy) is 1. The number of nitrogens with one attached hydrogen (secondary N) is 1. The van der Waals surface area contributed by atoms with Gasteiger partial charge in [0.25, 0.3) is 5.91 Å². The highest BCUT2D eigenvalue weighted by atomic mass is 16.5. The van der Waals surface area contributed by atoms with Crippen LogP contribution in [0.15, 0.2) is 85.2 Å². The number of anilines is 1. The zero-order valence-corrected chi connectivity index (χ0v) is 21.4. The maximum absolute atomic E-state index is 13.0. The van der Waals surface area contributed by atoms with Crippen LogP contribution in [0.25, 0.3) is 0 Å². The Morgan fingerprint density at radius 2 is 1.74 bits per heavy atom. The van der Waals surface area contributed by atoms with Crippen LogP contribution in [-0.4, -0.2) is 51.7 Å². The second-order valence-electron chi connectivity index (χ2n) is 9.50. The molecule has 1 aliphatic rings. The van der Waals surface area contributed by atoms with Gasteiger partial charge in [-0.2, -0.15) is 5.10 Å². The van der Waals surface area contributed by atoms with Crippen LogP contribution < -0.4 is 10.1 Å². The molecule has 1 fully saturated rings. The number of benzene rings is 2. The second kappa shape index (κ2) is 11.7. The Labute approximate surface area is 222 Å². The maximum Gasteiger partial charge on any atom is 0.257 e. The Balaban J connectivity index is 1.11. The molecule has 3 heterocycles. The van der Waals surface area contributed by atoms with Crippen molar-refractivity contribution >= 4 is 17.5 Å². The van der Waals surface area contributed by atoms with Gasteiger partial charge >= 0.3 is 0 Å². The van der Waals surface area contributed by atoms with Gasteiger partial charge in [0.05, 0.1) is 37.5 Å². The summed E-state index contributed by atoms with van der Waals surface area (Å²) in [6.07, 6.45) is 5.47. The van der Waals surface area contributed by atoms with Gasteiger partial charge in [0.2, 0.25) is 11.8 Å². The fourth-order valence-electron chi connectivity index (χ4n) is 4.81. The van der Waals surface area contributed by atoms with Gasteiger partial charge in [0.1, 0.15) is 0 Å². The van der Waals surface area contributed by atoms with E-state index in [1.54, 1.807) is 25.4 Å². The average molecular weight is 510 g/mol. The van der Waals surface area contributed by atoms with Crippen LogP contribution in [-0.2, 0) is 17.8 Å². The number of amides is 2. The van der Waals surface area contributed by atoms with Crippen LogP contribution >= 0.6 is 0 Å². The van der Waals surface area contributed by atoms with Crippen molar-refractivity contribution in [3.63, 3.8) is 0 Å². The molecule has 0 spiro atoms. The minimum absolute atomic E-state index is 0.0337. The smallest absolute Gasteiger partial charge is 0.257 e. The largest absolute Gasteiger partial charge is 0.481 e. The molecule has 2 aromatic heterocycles. The summed E-state index contributed by atoms with van der Waals surface area (Å²) < 4.78 is 6.93. The van der Waals surface area contributed by atoms with Crippen LogP contribution in [0.4, 0.5) is 5.69 Å².